The summed E-state index contributed by atoms with van der Waals surface area (Å²) in [5.41, 5.74) is 2.28. The lowest BCUT2D eigenvalue weighted by Gasteiger charge is -2.09. The molecule has 0 spiro atoms. The molecule has 0 bridgehead atoms. The van der Waals surface area contributed by atoms with E-state index < -0.39 is 0 Å². The van der Waals surface area contributed by atoms with E-state index in [0.717, 1.165) is 17.7 Å². The normalized spacial score (nSPS) is 10.6. The van der Waals surface area contributed by atoms with E-state index in [2.05, 4.69) is 15.0 Å². The molecule has 3 rings (SSSR count). The van der Waals surface area contributed by atoms with Crippen LogP contribution in [-0.4, -0.2) is 15.0 Å². The standard InChI is InChI=1S/C18H16FN3O/c1-3-14-11-17(23-15-4-5-16(19)12(2)10-15)22-18(21-14)13-6-8-20-9-7-13/h4-11H,3H2,1-2H3. The van der Waals surface area contributed by atoms with Gasteiger partial charge >= 0.3 is 0 Å². The lowest BCUT2D eigenvalue weighted by Crippen LogP contribution is -1.98. The van der Waals surface area contributed by atoms with Crippen LogP contribution in [0.3, 0.4) is 0 Å². The quantitative estimate of drug-likeness (QED) is 0.719. The first-order valence-corrected chi connectivity index (χ1v) is 7.38. The van der Waals surface area contributed by atoms with Crippen molar-refractivity contribution in [2.45, 2.75) is 20.3 Å². The van der Waals surface area contributed by atoms with E-state index in [1.165, 1.54) is 6.07 Å². The van der Waals surface area contributed by atoms with Crippen LogP contribution in [-0.2, 0) is 6.42 Å². The van der Waals surface area contributed by atoms with Gasteiger partial charge < -0.3 is 4.74 Å². The Balaban J connectivity index is 1.97. The van der Waals surface area contributed by atoms with Gasteiger partial charge in [0.05, 0.1) is 0 Å². The number of hydrogen-bond donors (Lipinski definition) is 0. The average molecular weight is 309 g/mol. The lowest BCUT2D eigenvalue weighted by atomic mass is 10.2. The smallest absolute Gasteiger partial charge is 0.223 e. The average Bonchev–Trinajstić information content (AvgIpc) is 2.58. The van der Waals surface area contributed by atoms with Crippen LogP contribution >= 0.6 is 0 Å². The summed E-state index contributed by atoms with van der Waals surface area (Å²) in [5, 5.41) is 0. The maximum atomic E-state index is 13.4. The van der Waals surface area contributed by atoms with Crippen LogP contribution in [0.4, 0.5) is 4.39 Å². The minimum Gasteiger partial charge on any atom is -0.439 e. The Hall–Kier alpha value is -2.82. The number of benzene rings is 1. The van der Waals surface area contributed by atoms with Crippen LogP contribution in [0, 0.1) is 12.7 Å². The minimum atomic E-state index is -0.258. The van der Waals surface area contributed by atoms with Crippen molar-refractivity contribution in [1.29, 1.82) is 0 Å². The van der Waals surface area contributed by atoms with E-state index in [-0.39, 0.29) is 5.82 Å². The van der Waals surface area contributed by atoms with Crippen molar-refractivity contribution in [2.24, 2.45) is 0 Å². The highest BCUT2D eigenvalue weighted by atomic mass is 19.1. The summed E-state index contributed by atoms with van der Waals surface area (Å²) in [4.78, 5) is 13.0. The summed E-state index contributed by atoms with van der Waals surface area (Å²) in [5.74, 6) is 1.31. The molecule has 0 atom stereocenters. The predicted molar refractivity (Wildman–Crippen MR) is 85.9 cm³/mol. The van der Waals surface area contributed by atoms with Crippen LogP contribution in [0.1, 0.15) is 18.2 Å². The monoisotopic (exact) mass is 309 g/mol. The Kier molecular flexibility index (Phi) is 4.28. The molecular formula is C18H16FN3O. The zero-order chi connectivity index (χ0) is 16.2. The molecule has 23 heavy (non-hydrogen) atoms. The fraction of sp³-hybridized carbons (Fsp3) is 0.167. The number of hydrogen-bond acceptors (Lipinski definition) is 4. The molecule has 1 aromatic carbocycles. The topological polar surface area (TPSA) is 47.9 Å². The Morgan fingerprint density at radius 2 is 1.83 bits per heavy atom. The predicted octanol–water partition coefficient (Wildman–Crippen LogP) is 4.34. The van der Waals surface area contributed by atoms with E-state index in [1.807, 2.05) is 19.1 Å². The number of rotatable bonds is 4. The first-order chi connectivity index (χ1) is 11.2. The Bertz CT molecular complexity index is 822. The molecule has 2 heterocycles. The van der Waals surface area contributed by atoms with Gasteiger partial charge in [-0.3, -0.25) is 4.98 Å². The van der Waals surface area contributed by atoms with Gasteiger partial charge in [-0.05, 0) is 49.2 Å². The largest absolute Gasteiger partial charge is 0.439 e. The second-order valence-corrected chi connectivity index (χ2v) is 5.12. The van der Waals surface area contributed by atoms with Crippen molar-refractivity contribution in [1.82, 2.24) is 15.0 Å². The van der Waals surface area contributed by atoms with Gasteiger partial charge in [0, 0.05) is 29.7 Å². The molecule has 0 amide bonds. The molecule has 2 aromatic heterocycles. The molecule has 0 unspecified atom stereocenters. The molecule has 0 aliphatic heterocycles. The lowest BCUT2D eigenvalue weighted by molar-refractivity contribution is 0.459. The maximum Gasteiger partial charge on any atom is 0.223 e. The van der Waals surface area contributed by atoms with E-state index in [9.17, 15) is 4.39 Å². The number of halogens is 1. The highest BCUT2D eigenvalue weighted by Gasteiger charge is 2.09. The second-order valence-electron chi connectivity index (χ2n) is 5.12. The molecular weight excluding hydrogens is 293 g/mol. The van der Waals surface area contributed by atoms with E-state index >= 15 is 0 Å². The molecule has 0 aliphatic carbocycles. The first-order valence-electron chi connectivity index (χ1n) is 7.38. The molecule has 116 valence electrons. The van der Waals surface area contributed by atoms with Crippen LogP contribution in [0.15, 0.2) is 48.8 Å². The Morgan fingerprint density at radius 3 is 2.52 bits per heavy atom. The van der Waals surface area contributed by atoms with Crippen molar-refractivity contribution < 1.29 is 9.13 Å². The summed E-state index contributed by atoms with van der Waals surface area (Å²) in [7, 11) is 0. The molecule has 3 aromatic rings. The van der Waals surface area contributed by atoms with Gasteiger partial charge in [-0.15, -0.1) is 0 Å². The van der Waals surface area contributed by atoms with Crippen molar-refractivity contribution in [3.63, 3.8) is 0 Å². The third kappa shape index (κ3) is 3.51. The number of ether oxygens (including phenoxy) is 1. The van der Waals surface area contributed by atoms with Crippen molar-refractivity contribution in [3.8, 4) is 23.0 Å². The number of aryl methyl sites for hydroxylation is 2. The zero-order valence-corrected chi connectivity index (χ0v) is 13.0. The molecule has 0 aliphatic rings. The van der Waals surface area contributed by atoms with Crippen molar-refractivity contribution >= 4 is 0 Å². The summed E-state index contributed by atoms with van der Waals surface area (Å²) < 4.78 is 19.1. The van der Waals surface area contributed by atoms with Gasteiger partial charge in [0.25, 0.3) is 0 Å². The number of nitrogens with zero attached hydrogens (tertiary/aromatic N) is 3. The maximum absolute atomic E-state index is 13.4. The van der Waals surface area contributed by atoms with Crippen molar-refractivity contribution in [2.75, 3.05) is 0 Å². The van der Waals surface area contributed by atoms with Gasteiger partial charge in [-0.25, -0.2) is 9.37 Å². The molecule has 0 fully saturated rings. The van der Waals surface area contributed by atoms with Gasteiger partial charge in [0.15, 0.2) is 5.82 Å². The molecule has 0 N–H and O–H groups in total. The summed E-state index contributed by atoms with van der Waals surface area (Å²) in [6.07, 6.45) is 4.15. The van der Waals surface area contributed by atoms with E-state index in [0.29, 0.717) is 23.0 Å². The summed E-state index contributed by atoms with van der Waals surface area (Å²) in [6, 6.07) is 10.1. The third-order valence-corrected chi connectivity index (χ3v) is 3.41. The highest BCUT2D eigenvalue weighted by Crippen LogP contribution is 2.25. The Labute approximate surface area is 134 Å². The Morgan fingerprint density at radius 1 is 1.04 bits per heavy atom. The van der Waals surface area contributed by atoms with Gasteiger partial charge in [0.1, 0.15) is 11.6 Å². The highest BCUT2D eigenvalue weighted by molar-refractivity contribution is 5.54. The van der Waals surface area contributed by atoms with Crippen LogP contribution in [0.5, 0.6) is 11.6 Å². The molecule has 0 saturated heterocycles. The van der Waals surface area contributed by atoms with Crippen molar-refractivity contribution in [3.05, 3.63) is 65.9 Å². The van der Waals surface area contributed by atoms with E-state index in [4.69, 9.17) is 4.74 Å². The molecule has 5 heteroatoms. The summed E-state index contributed by atoms with van der Waals surface area (Å²) in [6.45, 7) is 3.71. The molecule has 0 radical (unpaired) electrons. The summed E-state index contributed by atoms with van der Waals surface area (Å²) >= 11 is 0. The third-order valence-electron chi connectivity index (χ3n) is 3.41. The first kappa shape index (κ1) is 15.1. The fourth-order valence-corrected chi connectivity index (χ4v) is 2.14. The zero-order valence-electron chi connectivity index (χ0n) is 13.0. The van der Waals surface area contributed by atoms with Gasteiger partial charge in [-0.1, -0.05) is 6.92 Å². The van der Waals surface area contributed by atoms with Gasteiger partial charge in [-0.2, -0.15) is 4.98 Å². The second kappa shape index (κ2) is 6.52. The minimum absolute atomic E-state index is 0.258. The van der Waals surface area contributed by atoms with Crippen LogP contribution < -0.4 is 4.74 Å². The molecule has 4 nitrogen and oxygen atoms in total. The number of pyridine rings is 1. The van der Waals surface area contributed by atoms with Crippen LogP contribution in [0.25, 0.3) is 11.4 Å². The van der Waals surface area contributed by atoms with E-state index in [1.54, 1.807) is 37.5 Å². The molecule has 0 saturated carbocycles. The fourth-order valence-electron chi connectivity index (χ4n) is 2.14. The van der Waals surface area contributed by atoms with Gasteiger partial charge in [0.2, 0.25) is 5.88 Å². The number of aromatic nitrogens is 3. The SMILES string of the molecule is CCc1cc(Oc2ccc(F)c(C)c2)nc(-c2ccncc2)n1. The van der Waals surface area contributed by atoms with Crippen LogP contribution in [0.2, 0.25) is 0 Å².